The molecular formula is C11H17NO3. The maximum absolute atomic E-state index is 11.3. The van der Waals surface area contributed by atoms with E-state index in [2.05, 4.69) is 9.73 Å². The first-order valence-corrected chi connectivity index (χ1v) is 5.33. The van der Waals surface area contributed by atoms with Crippen LogP contribution in [0.2, 0.25) is 0 Å². The van der Waals surface area contributed by atoms with E-state index in [4.69, 9.17) is 0 Å². The van der Waals surface area contributed by atoms with Crippen molar-refractivity contribution >= 4 is 12.0 Å². The molecule has 0 atom stereocenters. The van der Waals surface area contributed by atoms with Gasteiger partial charge in [0, 0.05) is 5.41 Å². The van der Waals surface area contributed by atoms with E-state index in [1.807, 2.05) is 0 Å². The zero-order chi connectivity index (χ0) is 11.1. The number of ether oxygens (including phenoxy) is 1. The molecule has 0 amide bonds. The zero-order valence-corrected chi connectivity index (χ0v) is 9.12. The van der Waals surface area contributed by atoms with Gasteiger partial charge in [-0.05, 0) is 12.8 Å². The Kier molecular flexibility index (Phi) is 4.50. The number of hydrogen-bond donors (Lipinski definition) is 0. The highest BCUT2D eigenvalue weighted by Crippen LogP contribution is 2.39. The largest absolute Gasteiger partial charge is 0.469 e. The molecule has 0 aliphatic heterocycles. The van der Waals surface area contributed by atoms with Crippen LogP contribution in [0, 0.1) is 5.41 Å². The number of carbonyl (C=O) groups excluding carboxylic acids is 2. The maximum atomic E-state index is 11.3. The second-order valence-electron chi connectivity index (χ2n) is 4.22. The highest BCUT2D eigenvalue weighted by atomic mass is 16.5. The fraction of sp³-hybridized carbons (Fsp3) is 0.818. The number of hydrogen-bond acceptors (Lipinski definition) is 4. The van der Waals surface area contributed by atoms with Gasteiger partial charge in [-0.3, -0.25) is 4.79 Å². The molecule has 0 aromatic heterocycles. The van der Waals surface area contributed by atoms with E-state index in [0.717, 1.165) is 25.7 Å². The van der Waals surface area contributed by atoms with Crippen molar-refractivity contribution in [2.45, 2.75) is 38.5 Å². The number of methoxy groups -OCH3 is 1. The van der Waals surface area contributed by atoms with Crippen molar-refractivity contribution in [1.29, 1.82) is 0 Å². The molecule has 4 heteroatoms. The summed E-state index contributed by atoms with van der Waals surface area (Å²) in [6, 6.07) is 0. The lowest BCUT2D eigenvalue weighted by Gasteiger charge is -2.34. The van der Waals surface area contributed by atoms with Gasteiger partial charge >= 0.3 is 5.97 Å². The molecule has 1 saturated carbocycles. The number of carbonyl (C=O) groups is 1. The Labute approximate surface area is 89.7 Å². The van der Waals surface area contributed by atoms with Crippen LogP contribution in [0.25, 0.3) is 0 Å². The first-order valence-electron chi connectivity index (χ1n) is 5.33. The Hall–Kier alpha value is -1.15. The van der Waals surface area contributed by atoms with Crippen LogP contribution >= 0.6 is 0 Å². The first-order chi connectivity index (χ1) is 7.22. The third-order valence-corrected chi connectivity index (χ3v) is 3.14. The van der Waals surface area contributed by atoms with Crippen molar-refractivity contribution in [3.05, 3.63) is 0 Å². The van der Waals surface area contributed by atoms with Crippen LogP contribution in [0.1, 0.15) is 38.5 Å². The molecule has 0 unspecified atom stereocenters. The standard InChI is InChI=1S/C11H17NO3/c1-15-10(14)7-11(8-12-9-13)5-3-2-4-6-11/h2-8H2,1H3. The molecule has 0 bridgehead atoms. The Morgan fingerprint density at radius 3 is 2.60 bits per heavy atom. The van der Waals surface area contributed by atoms with Crippen LogP contribution in [0.4, 0.5) is 0 Å². The maximum Gasteiger partial charge on any atom is 0.306 e. The highest BCUT2D eigenvalue weighted by Gasteiger charge is 2.34. The van der Waals surface area contributed by atoms with E-state index in [1.54, 1.807) is 6.08 Å². The minimum absolute atomic E-state index is 0.150. The third kappa shape index (κ3) is 3.48. The predicted octanol–water partition coefficient (Wildman–Crippen LogP) is 1.84. The van der Waals surface area contributed by atoms with E-state index in [9.17, 15) is 9.59 Å². The van der Waals surface area contributed by atoms with Gasteiger partial charge in [-0.25, -0.2) is 9.79 Å². The molecule has 0 radical (unpaired) electrons. The summed E-state index contributed by atoms with van der Waals surface area (Å²) in [4.78, 5) is 25.1. The topological polar surface area (TPSA) is 55.7 Å². The first kappa shape index (κ1) is 11.9. The van der Waals surface area contributed by atoms with Gasteiger partial charge in [-0.1, -0.05) is 19.3 Å². The third-order valence-electron chi connectivity index (χ3n) is 3.14. The van der Waals surface area contributed by atoms with Crippen molar-refractivity contribution in [2.75, 3.05) is 13.7 Å². The molecule has 1 fully saturated rings. The Morgan fingerprint density at radius 1 is 1.40 bits per heavy atom. The Bertz CT molecular complexity index is 263. The molecule has 0 saturated heterocycles. The summed E-state index contributed by atoms with van der Waals surface area (Å²) in [5.74, 6) is -0.210. The molecule has 15 heavy (non-hydrogen) atoms. The van der Waals surface area contributed by atoms with Crippen molar-refractivity contribution in [3.63, 3.8) is 0 Å². The predicted molar refractivity (Wildman–Crippen MR) is 55.1 cm³/mol. The van der Waals surface area contributed by atoms with E-state index in [0.29, 0.717) is 13.0 Å². The van der Waals surface area contributed by atoms with Crippen LogP contribution in [0.15, 0.2) is 4.99 Å². The summed E-state index contributed by atoms with van der Waals surface area (Å²) in [5, 5.41) is 0. The van der Waals surface area contributed by atoms with Gasteiger partial charge in [-0.15, -0.1) is 0 Å². The normalized spacial score (nSPS) is 19.0. The van der Waals surface area contributed by atoms with Crippen LogP contribution in [0.3, 0.4) is 0 Å². The van der Waals surface area contributed by atoms with Gasteiger partial charge in [0.05, 0.1) is 20.1 Å². The molecule has 0 N–H and O–H groups in total. The van der Waals surface area contributed by atoms with Crippen molar-refractivity contribution in [3.8, 4) is 0 Å². The smallest absolute Gasteiger partial charge is 0.306 e. The van der Waals surface area contributed by atoms with Gasteiger partial charge in [0.25, 0.3) is 0 Å². The highest BCUT2D eigenvalue weighted by molar-refractivity contribution is 5.70. The summed E-state index contributed by atoms with van der Waals surface area (Å²) >= 11 is 0. The van der Waals surface area contributed by atoms with Crippen molar-refractivity contribution in [1.82, 2.24) is 0 Å². The van der Waals surface area contributed by atoms with Gasteiger partial charge in [0.1, 0.15) is 0 Å². The van der Waals surface area contributed by atoms with Gasteiger partial charge < -0.3 is 4.74 Å². The van der Waals surface area contributed by atoms with Gasteiger partial charge in [0.2, 0.25) is 6.08 Å². The van der Waals surface area contributed by atoms with Crippen LogP contribution in [-0.2, 0) is 14.3 Å². The molecule has 84 valence electrons. The number of rotatable bonds is 4. The summed E-state index contributed by atoms with van der Waals surface area (Å²) in [6.07, 6.45) is 7.23. The van der Waals surface area contributed by atoms with Crippen LogP contribution < -0.4 is 0 Å². The Balaban J connectivity index is 2.65. The lowest BCUT2D eigenvalue weighted by molar-refractivity contribution is -0.143. The summed E-state index contributed by atoms with van der Waals surface area (Å²) < 4.78 is 4.68. The van der Waals surface area contributed by atoms with E-state index in [1.165, 1.54) is 13.5 Å². The summed E-state index contributed by atoms with van der Waals surface area (Å²) in [7, 11) is 1.39. The minimum atomic E-state index is -0.210. The molecule has 1 aliphatic carbocycles. The zero-order valence-electron chi connectivity index (χ0n) is 9.12. The number of esters is 1. The van der Waals surface area contributed by atoms with Gasteiger partial charge in [-0.2, -0.15) is 0 Å². The number of aliphatic imine (C=N–C) groups is 1. The number of nitrogens with zero attached hydrogens (tertiary/aromatic N) is 1. The molecule has 1 aliphatic rings. The lowest BCUT2D eigenvalue weighted by Crippen LogP contribution is -2.30. The van der Waals surface area contributed by atoms with Gasteiger partial charge in [0.15, 0.2) is 0 Å². The molecule has 0 spiro atoms. The SMILES string of the molecule is COC(=O)CC1(CN=C=O)CCCCC1. The van der Waals surface area contributed by atoms with Crippen molar-refractivity contribution < 1.29 is 14.3 Å². The Morgan fingerprint density at radius 2 is 2.07 bits per heavy atom. The summed E-state index contributed by atoms with van der Waals surface area (Å²) in [6.45, 7) is 0.408. The number of isocyanates is 1. The molecule has 0 aromatic rings. The quantitative estimate of drug-likeness (QED) is 0.405. The second-order valence-corrected chi connectivity index (χ2v) is 4.22. The molecule has 1 rings (SSSR count). The minimum Gasteiger partial charge on any atom is -0.469 e. The average Bonchev–Trinajstić information content (AvgIpc) is 2.27. The molecule has 0 aromatic carbocycles. The molecular weight excluding hydrogens is 194 g/mol. The molecule has 4 nitrogen and oxygen atoms in total. The van der Waals surface area contributed by atoms with Crippen LogP contribution in [-0.4, -0.2) is 25.7 Å². The second kappa shape index (κ2) is 5.66. The van der Waals surface area contributed by atoms with E-state index < -0.39 is 0 Å². The van der Waals surface area contributed by atoms with Crippen LogP contribution in [0.5, 0.6) is 0 Å². The summed E-state index contributed by atoms with van der Waals surface area (Å²) in [5.41, 5.74) is -0.150. The fourth-order valence-electron chi connectivity index (χ4n) is 2.27. The molecule has 0 heterocycles. The monoisotopic (exact) mass is 211 g/mol. The average molecular weight is 211 g/mol. The fourth-order valence-corrected chi connectivity index (χ4v) is 2.27. The van der Waals surface area contributed by atoms with E-state index in [-0.39, 0.29) is 11.4 Å². The van der Waals surface area contributed by atoms with Crippen molar-refractivity contribution in [2.24, 2.45) is 10.4 Å². The lowest BCUT2D eigenvalue weighted by atomic mass is 9.72. The van der Waals surface area contributed by atoms with E-state index >= 15 is 0 Å².